The van der Waals surface area contributed by atoms with Gasteiger partial charge >= 0.3 is 5.97 Å². The third-order valence-electron chi connectivity index (χ3n) is 5.24. The number of benzene rings is 1. The molecular weight excluding hydrogens is 394 g/mol. The fourth-order valence-corrected chi connectivity index (χ4v) is 3.56. The molecular formula is C19H25N5O6. The number of methoxy groups -OCH3 is 1. The molecule has 1 fully saturated rings. The van der Waals surface area contributed by atoms with Crippen molar-refractivity contribution < 1.29 is 24.4 Å². The lowest BCUT2D eigenvalue weighted by Gasteiger charge is -2.33. The first-order valence-corrected chi connectivity index (χ1v) is 9.56. The van der Waals surface area contributed by atoms with Gasteiger partial charge in [-0.1, -0.05) is 0 Å². The molecule has 0 radical (unpaired) electrons. The Morgan fingerprint density at radius 2 is 2.00 bits per heavy atom. The molecule has 11 nitrogen and oxygen atoms in total. The van der Waals surface area contributed by atoms with Crippen molar-refractivity contribution in [2.75, 3.05) is 70.2 Å². The van der Waals surface area contributed by atoms with Gasteiger partial charge in [0, 0.05) is 44.5 Å². The van der Waals surface area contributed by atoms with Crippen LogP contribution in [0.3, 0.4) is 0 Å². The summed E-state index contributed by atoms with van der Waals surface area (Å²) in [7, 11) is 3.21. The minimum absolute atomic E-state index is 0.00283. The average molecular weight is 419 g/mol. The Morgan fingerprint density at radius 3 is 2.60 bits per heavy atom. The van der Waals surface area contributed by atoms with E-state index in [-0.39, 0.29) is 36.7 Å². The minimum Gasteiger partial charge on any atom is -0.466 e. The van der Waals surface area contributed by atoms with E-state index in [1.807, 2.05) is 11.9 Å². The lowest BCUT2D eigenvalue weighted by molar-refractivity contribution is -0.384. The normalized spacial score (nSPS) is 17.5. The molecule has 11 heteroatoms. The van der Waals surface area contributed by atoms with Crippen molar-refractivity contribution in [2.24, 2.45) is 0 Å². The summed E-state index contributed by atoms with van der Waals surface area (Å²) in [6.07, 6.45) is 0. The Kier molecular flexibility index (Phi) is 6.53. The maximum Gasteiger partial charge on any atom is 0.337 e. The molecule has 0 bridgehead atoms. The van der Waals surface area contributed by atoms with Crippen molar-refractivity contribution in [3.05, 3.63) is 39.6 Å². The predicted octanol–water partition coefficient (Wildman–Crippen LogP) is 0.0201. The van der Waals surface area contributed by atoms with Gasteiger partial charge in [0.15, 0.2) is 0 Å². The van der Waals surface area contributed by atoms with E-state index in [9.17, 15) is 19.7 Å². The van der Waals surface area contributed by atoms with E-state index in [2.05, 4.69) is 10.2 Å². The van der Waals surface area contributed by atoms with Gasteiger partial charge in [-0.25, -0.2) is 4.79 Å². The van der Waals surface area contributed by atoms with E-state index in [1.165, 1.54) is 18.1 Å². The van der Waals surface area contributed by atoms with Crippen molar-refractivity contribution in [1.82, 2.24) is 9.80 Å². The summed E-state index contributed by atoms with van der Waals surface area (Å²) in [4.78, 5) is 41.4. The maximum atomic E-state index is 12.6. The van der Waals surface area contributed by atoms with Crippen LogP contribution in [0.5, 0.6) is 0 Å². The van der Waals surface area contributed by atoms with Crippen molar-refractivity contribution in [2.45, 2.75) is 0 Å². The molecule has 0 unspecified atom stereocenters. The van der Waals surface area contributed by atoms with Crippen LogP contribution in [-0.2, 0) is 14.3 Å². The third-order valence-corrected chi connectivity index (χ3v) is 5.24. The number of hydrogen-bond acceptors (Lipinski definition) is 9. The highest BCUT2D eigenvalue weighted by Gasteiger charge is 2.35. The van der Waals surface area contributed by atoms with Gasteiger partial charge in [0.1, 0.15) is 11.4 Å². The number of aliphatic hydroxyl groups is 1. The summed E-state index contributed by atoms with van der Waals surface area (Å²) < 4.78 is 4.75. The van der Waals surface area contributed by atoms with Crippen LogP contribution in [0.15, 0.2) is 29.5 Å². The number of ether oxygens (including phenoxy) is 1. The summed E-state index contributed by atoms with van der Waals surface area (Å²) in [5.74, 6) is -1.15. The van der Waals surface area contributed by atoms with Gasteiger partial charge in [-0.2, -0.15) is 0 Å². The average Bonchev–Trinajstić information content (AvgIpc) is 3.04. The Morgan fingerprint density at radius 1 is 1.30 bits per heavy atom. The number of rotatable bonds is 7. The lowest BCUT2D eigenvalue weighted by Crippen LogP contribution is -2.44. The third kappa shape index (κ3) is 4.36. The first-order valence-electron chi connectivity index (χ1n) is 9.56. The number of amides is 1. The van der Waals surface area contributed by atoms with Gasteiger partial charge in [0.25, 0.3) is 11.6 Å². The molecule has 0 saturated carbocycles. The van der Waals surface area contributed by atoms with Crippen LogP contribution in [0.4, 0.5) is 17.1 Å². The second-order valence-electron chi connectivity index (χ2n) is 7.17. The van der Waals surface area contributed by atoms with Gasteiger partial charge < -0.3 is 29.9 Å². The molecule has 1 aromatic carbocycles. The minimum atomic E-state index is -0.671. The highest BCUT2D eigenvalue weighted by molar-refractivity contribution is 6.08. The van der Waals surface area contributed by atoms with Crippen LogP contribution >= 0.6 is 0 Å². The Bertz CT molecular complexity index is 878. The van der Waals surface area contributed by atoms with Gasteiger partial charge in [-0.05, 0) is 19.2 Å². The number of piperazine rings is 1. The molecule has 0 spiro atoms. The zero-order valence-electron chi connectivity index (χ0n) is 17.0. The molecule has 1 amide bonds. The molecule has 2 N–H and O–H groups in total. The summed E-state index contributed by atoms with van der Waals surface area (Å²) in [6, 6.07) is 4.65. The van der Waals surface area contributed by atoms with Gasteiger partial charge in [0.2, 0.25) is 0 Å². The topological polar surface area (TPSA) is 128 Å². The van der Waals surface area contributed by atoms with Crippen LogP contribution < -0.4 is 10.2 Å². The van der Waals surface area contributed by atoms with E-state index < -0.39 is 16.8 Å². The number of nitro benzene ring substituents is 1. The number of anilines is 2. The molecule has 2 heterocycles. The number of nitro groups is 1. The van der Waals surface area contributed by atoms with Crippen LogP contribution in [-0.4, -0.2) is 91.7 Å². The van der Waals surface area contributed by atoms with Gasteiger partial charge in [0.05, 0.1) is 30.8 Å². The zero-order chi connectivity index (χ0) is 21.8. The Labute approximate surface area is 173 Å². The van der Waals surface area contributed by atoms with Gasteiger partial charge in [-0.15, -0.1) is 0 Å². The Balaban J connectivity index is 1.90. The lowest BCUT2D eigenvalue weighted by atomic mass is 10.1. The predicted molar refractivity (Wildman–Crippen MR) is 109 cm³/mol. The fraction of sp³-hybridized carbons (Fsp3) is 0.474. The van der Waals surface area contributed by atoms with E-state index in [1.54, 1.807) is 12.1 Å². The molecule has 0 atom stereocenters. The smallest absolute Gasteiger partial charge is 0.337 e. The highest BCUT2D eigenvalue weighted by Crippen LogP contribution is 2.33. The summed E-state index contributed by atoms with van der Waals surface area (Å²) in [5.41, 5.74) is 0.858. The first-order chi connectivity index (χ1) is 14.3. The SMILES string of the molecule is COC(=O)C1=C(Nc2ccc(N3CCN(C)CC3)c([N+](=O)[O-])c2)C(=O)N(CCO)C1. The fourth-order valence-electron chi connectivity index (χ4n) is 3.56. The largest absolute Gasteiger partial charge is 0.466 e. The molecule has 0 aliphatic carbocycles. The van der Waals surface area contributed by atoms with E-state index in [0.29, 0.717) is 24.5 Å². The maximum absolute atomic E-state index is 12.6. The molecule has 2 aliphatic rings. The van der Waals surface area contributed by atoms with Crippen LogP contribution in [0.2, 0.25) is 0 Å². The number of carbonyl (C=O) groups excluding carboxylic acids is 2. The number of aliphatic hydroxyl groups excluding tert-OH is 1. The number of hydrogen-bond donors (Lipinski definition) is 2. The molecule has 1 saturated heterocycles. The van der Waals surface area contributed by atoms with Crippen molar-refractivity contribution in [3.8, 4) is 0 Å². The Hall–Kier alpha value is -3.18. The standard InChI is InChI=1S/C19H25N5O6/c1-21-5-7-22(8-6-21)15-4-3-13(11-16(15)24(28)29)20-17-14(19(27)30-2)12-23(9-10-25)18(17)26/h3-4,11,20,25H,5-10,12H2,1-2H3. The molecule has 30 heavy (non-hydrogen) atoms. The second-order valence-corrected chi connectivity index (χ2v) is 7.17. The zero-order valence-corrected chi connectivity index (χ0v) is 17.0. The van der Waals surface area contributed by atoms with Crippen molar-refractivity contribution >= 4 is 28.9 Å². The first kappa shape index (κ1) is 21.5. The van der Waals surface area contributed by atoms with Crippen molar-refractivity contribution in [1.29, 1.82) is 0 Å². The highest BCUT2D eigenvalue weighted by atomic mass is 16.6. The second kappa shape index (κ2) is 9.09. The number of likely N-dealkylation sites (N-methyl/N-ethyl adjacent to an activating group) is 1. The van der Waals surface area contributed by atoms with Crippen LogP contribution in [0.25, 0.3) is 0 Å². The quantitative estimate of drug-likeness (QED) is 0.357. The number of esters is 1. The number of β-amino-alcohol motifs (C(OH)–C–C–N with tert-alkyl or cyclic N) is 1. The molecule has 162 valence electrons. The molecule has 2 aliphatic heterocycles. The van der Waals surface area contributed by atoms with Crippen LogP contribution in [0.1, 0.15) is 0 Å². The van der Waals surface area contributed by atoms with E-state index in [4.69, 9.17) is 9.84 Å². The monoisotopic (exact) mass is 419 g/mol. The molecule has 0 aromatic heterocycles. The molecule has 1 aromatic rings. The van der Waals surface area contributed by atoms with Crippen molar-refractivity contribution in [3.63, 3.8) is 0 Å². The van der Waals surface area contributed by atoms with Crippen LogP contribution in [0, 0.1) is 10.1 Å². The molecule has 3 rings (SSSR count). The van der Waals surface area contributed by atoms with E-state index >= 15 is 0 Å². The van der Waals surface area contributed by atoms with E-state index in [0.717, 1.165) is 13.1 Å². The number of nitrogens with one attached hydrogen (secondary N) is 1. The number of nitrogens with zero attached hydrogens (tertiary/aromatic N) is 4. The summed E-state index contributed by atoms with van der Waals surface area (Å²) >= 11 is 0. The summed E-state index contributed by atoms with van der Waals surface area (Å²) in [5, 5.41) is 23.7. The summed E-state index contributed by atoms with van der Waals surface area (Å²) in [6.45, 7) is 2.78. The number of carbonyl (C=O) groups is 2. The van der Waals surface area contributed by atoms with Gasteiger partial charge in [-0.3, -0.25) is 14.9 Å².